The summed E-state index contributed by atoms with van der Waals surface area (Å²) in [6.45, 7) is 11.5. The predicted octanol–water partition coefficient (Wildman–Crippen LogP) is 5.63. The molecule has 3 rings (SSSR count). The number of hydrogen-bond donors (Lipinski definition) is 0. The van der Waals surface area contributed by atoms with Crippen LogP contribution in [0.25, 0.3) is 0 Å². The molecular formula is C22H26O. The number of hydrogen-bond acceptors (Lipinski definition) is 1. The maximum Gasteiger partial charge on any atom is 0.119 e. The maximum atomic E-state index is 5.74. The molecule has 0 heterocycles. The Morgan fingerprint density at radius 2 is 1.65 bits per heavy atom. The molecule has 1 atom stereocenters. The normalized spacial score (nSPS) is 21.7. The summed E-state index contributed by atoms with van der Waals surface area (Å²) in [5.74, 6) is 0.935. The predicted molar refractivity (Wildman–Crippen MR) is 97.3 cm³/mol. The van der Waals surface area contributed by atoms with Crippen molar-refractivity contribution in [3.8, 4) is 5.75 Å². The summed E-state index contributed by atoms with van der Waals surface area (Å²) in [4.78, 5) is 0. The van der Waals surface area contributed by atoms with E-state index >= 15 is 0 Å². The Balaban J connectivity index is 1.91. The van der Waals surface area contributed by atoms with Crippen molar-refractivity contribution in [3.63, 3.8) is 0 Å². The summed E-state index contributed by atoms with van der Waals surface area (Å²) in [6, 6.07) is 17.5. The second kappa shape index (κ2) is 5.88. The summed E-state index contributed by atoms with van der Waals surface area (Å²) < 4.78 is 5.74. The smallest absolute Gasteiger partial charge is 0.119 e. The van der Waals surface area contributed by atoms with E-state index in [4.69, 9.17) is 4.74 Å². The van der Waals surface area contributed by atoms with Crippen LogP contribution in [0.4, 0.5) is 0 Å². The molecule has 0 bridgehead atoms. The van der Waals surface area contributed by atoms with Gasteiger partial charge in [0.15, 0.2) is 0 Å². The van der Waals surface area contributed by atoms with Crippen LogP contribution < -0.4 is 4.74 Å². The third kappa shape index (κ3) is 2.81. The zero-order valence-electron chi connectivity index (χ0n) is 14.4. The van der Waals surface area contributed by atoms with Gasteiger partial charge in [-0.15, -0.1) is 6.58 Å². The molecule has 0 fully saturated rings. The number of ether oxygens (including phenoxy) is 1. The highest BCUT2D eigenvalue weighted by atomic mass is 16.5. The molecule has 1 heteroatoms. The molecular weight excluding hydrogens is 280 g/mol. The van der Waals surface area contributed by atoms with Gasteiger partial charge in [-0.2, -0.15) is 0 Å². The largest absolute Gasteiger partial charge is 0.493 e. The molecule has 0 aliphatic heterocycles. The van der Waals surface area contributed by atoms with Crippen LogP contribution in [0.2, 0.25) is 0 Å². The van der Waals surface area contributed by atoms with Gasteiger partial charge in [-0.05, 0) is 47.1 Å². The van der Waals surface area contributed by atoms with Crippen molar-refractivity contribution in [2.75, 3.05) is 6.61 Å². The molecule has 0 aromatic heterocycles. The highest BCUT2D eigenvalue weighted by Crippen LogP contribution is 2.52. The molecule has 0 saturated carbocycles. The lowest BCUT2D eigenvalue weighted by molar-refractivity contribution is 0.324. The minimum absolute atomic E-state index is 0.0692. The van der Waals surface area contributed by atoms with Crippen LogP contribution >= 0.6 is 0 Å². The van der Waals surface area contributed by atoms with E-state index in [2.05, 4.69) is 75.9 Å². The van der Waals surface area contributed by atoms with E-state index in [0.29, 0.717) is 6.61 Å². The van der Waals surface area contributed by atoms with Crippen molar-refractivity contribution < 1.29 is 4.74 Å². The third-order valence-electron chi connectivity index (χ3n) is 5.13. The van der Waals surface area contributed by atoms with Crippen LogP contribution in [0.15, 0.2) is 61.2 Å². The van der Waals surface area contributed by atoms with E-state index in [1.54, 1.807) is 0 Å². The molecule has 0 radical (unpaired) electrons. The fourth-order valence-corrected chi connectivity index (χ4v) is 4.07. The summed E-state index contributed by atoms with van der Waals surface area (Å²) in [6.07, 6.45) is 3.89. The van der Waals surface area contributed by atoms with E-state index < -0.39 is 0 Å². The van der Waals surface area contributed by atoms with E-state index in [9.17, 15) is 0 Å². The molecule has 2 aromatic carbocycles. The molecule has 0 spiro atoms. The van der Waals surface area contributed by atoms with Gasteiger partial charge in [-0.1, -0.05) is 63.2 Å². The lowest BCUT2D eigenvalue weighted by atomic mass is 9.75. The van der Waals surface area contributed by atoms with Crippen LogP contribution in [-0.2, 0) is 10.8 Å². The van der Waals surface area contributed by atoms with Crippen LogP contribution in [0, 0.1) is 0 Å². The second-order valence-corrected chi connectivity index (χ2v) is 7.39. The van der Waals surface area contributed by atoms with Gasteiger partial charge in [0.05, 0.1) is 6.61 Å². The SMILES string of the molecule is C=CCCOc1ccc(C2(C)CC(C)(C)c3ccccc32)cc1. The maximum absolute atomic E-state index is 5.74. The summed E-state index contributed by atoms with van der Waals surface area (Å²) in [7, 11) is 0. The molecule has 23 heavy (non-hydrogen) atoms. The number of fused-ring (bicyclic) bond motifs is 1. The van der Waals surface area contributed by atoms with Gasteiger partial charge < -0.3 is 4.74 Å². The average molecular weight is 306 g/mol. The Morgan fingerprint density at radius 1 is 1.00 bits per heavy atom. The van der Waals surface area contributed by atoms with E-state index in [-0.39, 0.29) is 10.8 Å². The van der Waals surface area contributed by atoms with Gasteiger partial charge in [0, 0.05) is 5.41 Å². The van der Waals surface area contributed by atoms with Gasteiger partial charge in [0.2, 0.25) is 0 Å². The van der Waals surface area contributed by atoms with Gasteiger partial charge in [-0.3, -0.25) is 0 Å². The minimum atomic E-state index is 0.0692. The first kappa shape index (κ1) is 15.9. The van der Waals surface area contributed by atoms with Crippen molar-refractivity contribution in [2.45, 2.75) is 44.4 Å². The highest BCUT2D eigenvalue weighted by molar-refractivity contribution is 5.52. The van der Waals surface area contributed by atoms with Crippen molar-refractivity contribution in [1.82, 2.24) is 0 Å². The lowest BCUT2D eigenvalue weighted by Gasteiger charge is -2.28. The highest BCUT2D eigenvalue weighted by Gasteiger charge is 2.45. The van der Waals surface area contributed by atoms with Crippen LogP contribution in [0.3, 0.4) is 0 Å². The third-order valence-corrected chi connectivity index (χ3v) is 5.13. The van der Waals surface area contributed by atoms with Crippen LogP contribution in [0.1, 0.15) is 50.3 Å². The molecule has 2 aromatic rings. The minimum Gasteiger partial charge on any atom is -0.493 e. The fraction of sp³-hybridized carbons (Fsp3) is 0.364. The zero-order valence-corrected chi connectivity index (χ0v) is 14.4. The topological polar surface area (TPSA) is 9.23 Å². The van der Waals surface area contributed by atoms with Crippen LogP contribution in [-0.4, -0.2) is 6.61 Å². The summed E-state index contributed by atoms with van der Waals surface area (Å²) >= 11 is 0. The molecule has 0 N–H and O–H groups in total. The van der Waals surface area contributed by atoms with Crippen molar-refractivity contribution in [1.29, 1.82) is 0 Å². The quantitative estimate of drug-likeness (QED) is 0.514. The number of benzene rings is 2. The van der Waals surface area contributed by atoms with E-state index in [0.717, 1.165) is 18.6 Å². The Hall–Kier alpha value is -2.02. The van der Waals surface area contributed by atoms with E-state index in [1.165, 1.54) is 16.7 Å². The first-order valence-corrected chi connectivity index (χ1v) is 8.42. The molecule has 1 nitrogen and oxygen atoms in total. The van der Waals surface area contributed by atoms with Crippen molar-refractivity contribution in [2.24, 2.45) is 0 Å². The fourth-order valence-electron chi connectivity index (χ4n) is 4.07. The molecule has 1 aliphatic rings. The standard InChI is InChI=1S/C22H26O/c1-5-6-15-23-18-13-11-17(12-14-18)22(4)16-21(2,3)19-9-7-8-10-20(19)22/h5,7-14H,1,6,15-16H2,2-4H3. The molecule has 1 unspecified atom stereocenters. The lowest BCUT2D eigenvalue weighted by Crippen LogP contribution is -2.23. The van der Waals surface area contributed by atoms with Gasteiger partial charge >= 0.3 is 0 Å². The van der Waals surface area contributed by atoms with E-state index in [1.807, 2.05) is 6.08 Å². The summed E-state index contributed by atoms with van der Waals surface area (Å²) in [5.41, 5.74) is 4.59. The Bertz CT molecular complexity index is 696. The molecule has 0 amide bonds. The first-order chi connectivity index (χ1) is 11.0. The van der Waals surface area contributed by atoms with Crippen LogP contribution in [0.5, 0.6) is 5.75 Å². The monoisotopic (exact) mass is 306 g/mol. The molecule has 1 aliphatic carbocycles. The van der Waals surface area contributed by atoms with Crippen molar-refractivity contribution >= 4 is 0 Å². The number of rotatable bonds is 5. The Kier molecular flexibility index (Phi) is 4.06. The van der Waals surface area contributed by atoms with Crippen molar-refractivity contribution in [3.05, 3.63) is 77.9 Å². The summed E-state index contributed by atoms with van der Waals surface area (Å²) in [5, 5.41) is 0. The Labute approximate surface area is 140 Å². The van der Waals surface area contributed by atoms with Gasteiger partial charge in [0.25, 0.3) is 0 Å². The Morgan fingerprint density at radius 3 is 2.30 bits per heavy atom. The van der Waals surface area contributed by atoms with Gasteiger partial charge in [-0.25, -0.2) is 0 Å². The first-order valence-electron chi connectivity index (χ1n) is 8.42. The average Bonchev–Trinajstić information content (AvgIpc) is 2.76. The van der Waals surface area contributed by atoms with Gasteiger partial charge in [0.1, 0.15) is 5.75 Å². The zero-order chi connectivity index (χ0) is 16.5. The molecule has 0 saturated heterocycles. The second-order valence-electron chi connectivity index (χ2n) is 7.39. The molecule has 120 valence electrons.